The van der Waals surface area contributed by atoms with Crippen molar-refractivity contribution in [2.24, 2.45) is 11.8 Å². The highest BCUT2D eigenvalue weighted by molar-refractivity contribution is 6.03. The van der Waals surface area contributed by atoms with Gasteiger partial charge in [-0.3, -0.25) is 9.59 Å². The first-order chi connectivity index (χ1) is 12.1. The monoisotopic (exact) mass is 340 g/mol. The fraction of sp³-hybridized carbons (Fsp3) is 0.474. The minimum atomic E-state index is -0.673. The van der Waals surface area contributed by atoms with Crippen LogP contribution in [-0.4, -0.2) is 43.2 Å². The van der Waals surface area contributed by atoms with Crippen LogP contribution in [0.15, 0.2) is 36.4 Å². The molecule has 2 saturated heterocycles. The molecule has 0 unspecified atom stereocenters. The molecule has 3 heterocycles. The van der Waals surface area contributed by atoms with Crippen LogP contribution in [0.4, 0.5) is 5.69 Å². The van der Waals surface area contributed by atoms with Crippen LogP contribution in [0.3, 0.4) is 0 Å². The molecule has 3 fully saturated rings. The van der Waals surface area contributed by atoms with E-state index in [4.69, 9.17) is 9.47 Å². The first kappa shape index (κ1) is 15.0. The highest BCUT2D eigenvalue weighted by Crippen LogP contribution is 2.52. The number of amides is 2. The summed E-state index contributed by atoms with van der Waals surface area (Å²) >= 11 is 0. The number of methoxy groups -OCH3 is 1. The summed E-state index contributed by atoms with van der Waals surface area (Å²) in [5, 5.41) is 3.04. The van der Waals surface area contributed by atoms with E-state index in [0.29, 0.717) is 6.54 Å². The van der Waals surface area contributed by atoms with E-state index in [9.17, 15) is 9.59 Å². The van der Waals surface area contributed by atoms with Crippen molar-refractivity contribution in [3.05, 3.63) is 36.4 Å². The van der Waals surface area contributed by atoms with Gasteiger partial charge in [0.1, 0.15) is 11.4 Å². The Morgan fingerprint density at radius 2 is 2.08 bits per heavy atom. The van der Waals surface area contributed by atoms with Crippen LogP contribution >= 0.6 is 0 Å². The van der Waals surface area contributed by atoms with Gasteiger partial charge < -0.3 is 19.7 Å². The number of anilines is 1. The van der Waals surface area contributed by atoms with Gasteiger partial charge in [0.15, 0.2) is 0 Å². The molecule has 3 aliphatic heterocycles. The lowest BCUT2D eigenvalue weighted by Gasteiger charge is -2.23. The van der Waals surface area contributed by atoms with Crippen molar-refractivity contribution in [3.63, 3.8) is 0 Å². The fourth-order valence-electron chi connectivity index (χ4n) is 4.30. The number of rotatable bonds is 4. The van der Waals surface area contributed by atoms with Crippen molar-refractivity contribution in [1.82, 2.24) is 5.32 Å². The van der Waals surface area contributed by atoms with Gasteiger partial charge >= 0.3 is 0 Å². The maximum absolute atomic E-state index is 13.1. The molecule has 1 aliphatic carbocycles. The minimum absolute atomic E-state index is 0.0343. The molecule has 25 heavy (non-hydrogen) atoms. The molecule has 1 aromatic carbocycles. The van der Waals surface area contributed by atoms with Crippen LogP contribution in [0.2, 0.25) is 0 Å². The van der Waals surface area contributed by atoms with Crippen molar-refractivity contribution < 1.29 is 19.1 Å². The van der Waals surface area contributed by atoms with Crippen molar-refractivity contribution in [3.8, 4) is 5.75 Å². The van der Waals surface area contributed by atoms with E-state index in [0.717, 1.165) is 24.3 Å². The van der Waals surface area contributed by atoms with Gasteiger partial charge in [0.2, 0.25) is 11.8 Å². The molecule has 1 N–H and O–H groups in total. The maximum atomic E-state index is 13.1. The van der Waals surface area contributed by atoms with Gasteiger partial charge in [-0.05, 0) is 37.1 Å². The molecule has 5 rings (SSSR count). The molecule has 6 nitrogen and oxygen atoms in total. The molecular weight excluding hydrogens is 320 g/mol. The number of hydrogen-bond donors (Lipinski definition) is 1. The normalized spacial score (nSPS) is 35.2. The number of carbonyl (C=O) groups is 2. The number of nitrogens with one attached hydrogen (secondary N) is 1. The Bertz CT molecular complexity index is 770. The second-order valence-electron chi connectivity index (χ2n) is 7.31. The summed E-state index contributed by atoms with van der Waals surface area (Å²) in [5.74, 6) is -0.209. The first-order valence-corrected chi connectivity index (χ1v) is 8.74. The molecule has 1 spiro atoms. The predicted octanol–water partition coefficient (Wildman–Crippen LogP) is 1.26. The zero-order chi connectivity index (χ0) is 17.2. The highest BCUT2D eigenvalue weighted by atomic mass is 16.5. The number of fused-ring (bicyclic) bond motifs is 1. The van der Waals surface area contributed by atoms with E-state index in [1.165, 1.54) is 0 Å². The van der Waals surface area contributed by atoms with E-state index in [2.05, 4.69) is 5.32 Å². The van der Waals surface area contributed by atoms with E-state index in [-0.39, 0.29) is 24.0 Å². The van der Waals surface area contributed by atoms with E-state index in [1.54, 1.807) is 12.0 Å². The minimum Gasteiger partial charge on any atom is -0.497 e. The van der Waals surface area contributed by atoms with Gasteiger partial charge in [-0.2, -0.15) is 0 Å². The molecule has 130 valence electrons. The average Bonchev–Trinajstić information content (AvgIpc) is 3.15. The van der Waals surface area contributed by atoms with Gasteiger partial charge in [0, 0.05) is 11.7 Å². The van der Waals surface area contributed by atoms with E-state index < -0.39 is 17.4 Å². The second kappa shape index (κ2) is 5.08. The zero-order valence-electron chi connectivity index (χ0n) is 14.0. The summed E-state index contributed by atoms with van der Waals surface area (Å²) in [6, 6.07) is 7.67. The Kier molecular flexibility index (Phi) is 3.04. The van der Waals surface area contributed by atoms with Crippen LogP contribution < -0.4 is 15.0 Å². The van der Waals surface area contributed by atoms with Crippen molar-refractivity contribution in [1.29, 1.82) is 0 Å². The quantitative estimate of drug-likeness (QED) is 0.838. The van der Waals surface area contributed by atoms with E-state index in [1.807, 2.05) is 36.4 Å². The Hall–Kier alpha value is -2.34. The summed E-state index contributed by atoms with van der Waals surface area (Å²) in [6.07, 6.45) is 5.69. The van der Waals surface area contributed by atoms with Crippen LogP contribution in [0.1, 0.15) is 12.8 Å². The smallest absolute Gasteiger partial charge is 0.234 e. The Labute approximate surface area is 145 Å². The van der Waals surface area contributed by atoms with Crippen LogP contribution in [0.25, 0.3) is 0 Å². The van der Waals surface area contributed by atoms with Gasteiger partial charge in [-0.25, -0.2) is 0 Å². The first-order valence-electron chi connectivity index (χ1n) is 8.74. The predicted molar refractivity (Wildman–Crippen MR) is 90.2 cm³/mol. The topological polar surface area (TPSA) is 67.9 Å². The molecule has 4 atom stereocenters. The number of nitrogens with zero attached hydrogens (tertiary/aromatic N) is 1. The van der Waals surface area contributed by atoms with E-state index >= 15 is 0 Å². The number of benzene rings is 1. The lowest BCUT2D eigenvalue weighted by Crippen LogP contribution is -2.44. The molecule has 0 radical (unpaired) electrons. The molecule has 1 aromatic rings. The van der Waals surface area contributed by atoms with Crippen LogP contribution in [0, 0.1) is 11.8 Å². The largest absolute Gasteiger partial charge is 0.497 e. The molecule has 4 aliphatic rings. The third-order valence-electron chi connectivity index (χ3n) is 5.71. The highest BCUT2D eigenvalue weighted by Gasteiger charge is 2.67. The number of hydrogen-bond acceptors (Lipinski definition) is 4. The molecule has 2 amide bonds. The van der Waals surface area contributed by atoms with Gasteiger partial charge in [-0.1, -0.05) is 12.2 Å². The third-order valence-corrected chi connectivity index (χ3v) is 5.71. The summed E-state index contributed by atoms with van der Waals surface area (Å²) in [4.78, 5) is 27.6. The van der Waals surface area contributed by atoms with Crippen LogP contribution in [0.5, 0.6) is 5.75 Å². The summed E-state index contributed by atoms with van der Waals surface area (Å²) in [7, 11) is 1.61. The molecule has 2 bridgehead atoms. The zero-order valence-corrected chi connectivity index (χ0v) is 14.0. The lowest BCUT2D eigenvalue weighted by molar-refractivity contribution is -0.132. The Morgan fingerprint density at radius 3 is 2.76 bits per heavy atom. The Balaban J connectivity index is 1.44. The number of carbonyl (C=O) groups excluding carboxylic acids is 2. The fourth-order valence-corrected chi connectivity index (χ4v) is 4.30. The summed E-state index contributed by atoms with van der Waals surface area (Å²) < 4.78 is 11.3. The molecule has 1 saturated carbocycles. The van der Waals surface area contributed by atoms with Crippen LogP contribution in [-0.2, 0) is 14.3 Å². The van der Waals surface area contributed by atoms with Crippen molar-refractivity contribution >= 4 is 17.5 Å². The SMILES string of the molecule is COc1ccc(N2C[C@@]34C=C[C@@H](O3)[C@@H](C(=O)NC3CC3)[C@@H]4C2=O)cc1. The summed E-state index contributed by atoms with van der Waals surface area (Å²) in [6.45, 7) is 0.447. The average molecular weight is 340 g/mol. The summed E-state index contributed by atoms with van der Waals surface area (Å²) in [5.41, 5.74) is 0.129. The lowest BCUT2D eigenvalue weighted by atomic mass is 9.77. The number of ether oxygens (including phenoxy) is 2. The molecule has 6 heteroatoms. The van der Waals surface area contributed by atoms with Crippen molar-refractivity contribution in [2.75, 3.05) is 18.6 Å². The Morgan fingerprint density at radius 1 is 1.32 bits per heavy atom. The van der Waals surface area contributed by atoms with Gasteiger partial charge in [0.25, 0.3) is 0 Å². The molecular formula is C19H20N2O4. The van der Waals surface area contributed by atoms with Gasteiger partial charge in [0.05, 0.1) is 31.6 Å². The standard InChI is InChI=1S/C19H20N2O4/c1-24-13-6-4-12(5-7-13)21-10-19-9-8-14(25-19)15(16(19)18(21)23)17(22)20-11-2-3-11/h4-9,11,14-16H,2-3,10H2,1H3,(H,20,22)/t14-,15-,16-,19-/m1/s1. The third kappa shape index (κ3) is 2.13. The van der Waals surface area contributed by atoms with Gasteiger partial charge in [-0.15, -0.1) is 0 Å². The van der Waals surface area contributed by atoms with Crippen molar-refractivity contribution in [2.45, 2.75) is 30.6 Å². The maximum Gasteiger partial charge on any atom is 0.234 e. The second-order valence-corrected chi connectivity index (χ2v) is 7.31. The molecule has 0 aromatic heterocycles.